The average Bonchev–Trinajstić information content (AvgIpc) is 2.60. The van der Waals surface area contributed by atoms with Gasteiger partial charge in [0, 0.05) is 4.47 Å². The number of amides is 2. The van der Waals surface area contributed by atoms with Crippen LogP contribution in [0, 0.1) is 27.7 Å². The minimum absolute atomic E-state index is 0.198. The van der Waals surface area contributed by atoms with E-state index in [1.54, 1.807) is 6.07 Å². The van der Waals surface area contributed by atoms with E-state index < -0.39 is 11.8 Å². The molecule has 0 aliphatic heterocycles. The Morgan fingerprint density at radius 1 is 0.889 bits per heavy atom. The van der Waals surface area contributed by atoms with Crippen LogP contribution in [0.25, 0.3) is 0 Å². The molecule has 0 atom stereocenters. The molecule has 2 amide bonds. The number of carbonyl (C=O) groups is 2. The van der Waals surface area contributed by atoms with Crippen LogP contribution in [-0.2, 0) is 9.59 Å². The van der Waals surface area contributed by atoms with Crippen LogP contribution in [0.3, 0.4) is 0 Å². The number of nitrogens with one attached hydrogen (secondary N) is 2. The molecule has 0 spiro atoms. The second kappa shape index (κ2) is 9.41. The number of ether oxygens (including phenoxy) is 2. The largest absolute Gasteiger partial charge is 0.483 e. The lowest BCUT2D eigenvalue weighted by Gasteiger charge is -2.13. The molecule has 0 unspecified atom stereocenters. The van der Waals surface area contributed by atoms with Crippen LogP contribution in [-0.4, -0.2) is 25.0 Å². The zero-order valence-electron chi connectivity index (χ0n) is 15.8. The third-order valence-electron chi connectivity index (χ3n) is 4.03. The van der Waals surface area contributed by atoms with Crippen LogP contribution in [0.1, 0.15) is 22.3 Å². The molecule has 0 aliphatic rings. The minimum atomic E-state index is -0.461. The lowest BCUT2D eigenvalue weighted by atomic mass is 10.1. The molecule has 7 heteroatoms. The summed E-state index contributed by atoms with van der Waals surface area (Å²) in [5, 5.41) is 0. The Labute approximate surface area is 167 Å². The average molecular weight is 435 g/mol. The maximum atomic E-state index is 11.9. The van der Waals surface area contributed by atoms with E-state index in [1.165, 1.54) is 0 Å². The molecule has 6 nitrogen and oxygen atoms in total. The highest BCUT2D eigenvalue weighted by molar-refractivity contribution is 9.10. The normalized spacial score (nSPS) is 10.3. The topological polar surface area (TPSA) is 76.7 Å². The Hall–Kier alpha value is -2.54. The third kappa shape index (κ3) is 5.99. The van der Waals surface area contributed by atoms with Gasteiger partial charge in [-0.25, -0.2) is 0 Å². The summed E-state index contributed by atoms with van der Waals surface area (Å²) in [7, 11) is 0. The van der Waals surface area contributed by atoms with Gasteiger partial charge >= 0.3 is 0 Å². The first-order chi connectivity index (χ1) is 12.8. The maximum Gasteiger partial charge on any atom is 0.276 e. The van der Waals surface area contributed by atoms with Gasteiger partial charge < -0.3 is 9.47 Å². The van der Waals surface area contributed by atoms with Gasteiger partial charge in [0.05, 0.1) is 0 Å². The highest BCUT2D eigenvalue weighted by Crippen LogP contribution is 2.27. The van der Waals surface area contributed by atoms with Crippen LogP contribution in [0.15, 0.2) is 34.8 Å². The van der Waals surface area contributed by atoms with Crippen LogP contribution in [0.5, 0.6) is 11.5 Å². The second-order valence-corrected chi connectivity index (χ2v) is 7.16. The monoisotopic (exact) mass is 434 g/mol. The first-order valence-electron chi connectivity index (χ1n) is 8.44. The standard InChI is InChI=1S/C20H23BrN2O4/c1-12-6-5-7-17(15(12)4)26-10-18(24)22-23-19(25)11-27-20-13(2)8-16(21)9-14(20)3/h5-9H,10-11H2,1-4H3,(H,22,24)(H,23,25). The Morgan fingerprint density at radius 3 is 2.04 bits per heavy atom. The first kappa shape index (κ1) is 20.8. The van der Waals surface area contributed by atoms with Gasteiger partial charge in [-0.2, -0.15) is 0 Å². The fraction of sp³-hybridized carbons (Fsp3) is 0.300. The number of hydrazine groups is 1. The molecular formula is C20H23BrN2O4. The van der Waals surface area contributed by atoms with Gasteiger partial charge in [0.15, 0.2) is 13.2 Å². The molecule has 0 saturated heterocycles. The van der Waals surface area contributed by atoms with E-state index in [9.17, 15) is 9.59 Å². The number of halogens is 1. The second-order valence-electron chi connectivity index (χ2n) is 6.24. The molecule has 144 valence electrons. The molecule has 2 aromatic rings. The van der Waals surface area contributed by atoms with Crippen molar-refractivity contribution in [2.24, 2.45) is 0 Å². The fourth-order valence-corrected chi connectivity index (χ4v) is 3.18. The molecule has 2 aromatic carbocycles. The van der Waals surface area contributed by atoms with Crippen molar-refractivity contribution < 1.29 is 19.1 Å². The summed E-state index contributed by atoms with van der Waals surface area (Å²) in [4.78, 5) is 23.7. The smallest absolute Gasteiger partial charge is 0.276 e. The van der Waals surface area contributed by atoms with E-state index in [2.05, 4.69) is 26.8 Å². The molecule has 0 aromatic heterocycles. The molecule has 2 rings (SSSR count). The van der Waals surface area contributed by atoms with Crippen molar-refractivity contribution in [1.29, 1.82) is 0 Å². The SMILES string of the molecule is Cc1cccc(OCC(=O)NNC(=O)COc2c(C)cc(Br)cc2C)c1C. The van der Waals surface area contributed by atoms with Crippen molar-refractivity contribution in [2.45, 2.75) is 27.7 Å². The van der Waals surface area contributed by atoms with Gasteiger partial charge in [0.2, 0.25) is 0 Å². The van der Waals surface area contributed by atoms with Gasteiger partial charge in [0.1, 0.15) is 11.5 Å². The quantitative estimate of drug-likeness (QED) is 0.683. The molecule has 0 heterocycles. The zero-order valence-corrected chi connectivity index (χ0v) is 17.4. The molecule has 0 radical (unpaired) electrons. The molecule has 0 fully saturated rings. The molecule has 0 saturated carbocycles. The molecule has 0 bridgehead atoms. The number of carbonyl (C=O) groups excluding carboxylic acids is 2. The summed E-state index contributed by atoms with van der Waals surface area (Å²) in [6.45, 7) is 7.29. The Bertz CT molecular complexity index is 829. The fourth-order valence-electron chi connectivity index (χ4n) is 2.50. The maximum absolute atomic E-state index is 11.9. The first-order valence-corrected chi connectivity index (χ1v) is 9.23. The number of hydrogen-bond donors (Lipinski definition) is 2. The lowest BCUT2D eigenvalue weighted by molar-refractivity contribution is -0.131. The van der Waals surface area contributed by atoms with E-state index >= 15 is 0 Å². The van der Waals surface area contributed by atoms with Gasteiger partial charge in [0.25, 0.3) is 11.8 Å². The van der Waals surface area contributed by atoms with Gasteiger partial charge in [-0.3, -0.25) is 20.4 Å². The van der Waals surface area contributed by atoms with Gasteiger partial charge in [-0.15, -0.1) is 0 Å². The summed E-state index contributed by atoms with van der Waals surface area (Å²) in [5.74, 6) is 0.371. The summed E-state index contributed by atoms with van der Waals surface area (Å²) >= 11 is 3.41. The summed E-state index contributed by atoms with van der Waals surface area (Å²) < 4.78 is 12.0. The summed E-state index contributed by atoms with van der Waals surface area (Å²) in [5.41, 5.74) is 8.51. The van der Waals surface area contributed by atoms with Crippen molar-refractivity contribution in [1.82, 2.24) is 10.9 Å². The van der Waals surface area contributed by atoms with Crippen LogP contribution in [0.2, 0.25) is 0 Å². The molecular weight excluding hydrogens is 412 g/mol. The van der Waals surface area contributed by atoms with Crippen LogP contribution in [0.4, 0.5) is 0 Å². The van der Waals surface area contributed by atoms with E-state index in [0.717, 1.165) is 26.7 Å². The van der Waals surface area contributed by atoms with Crippen LogP contribution < -0.4 is 20.3 Å². The summed E-state index contributed by atoms with van der Waals surface area (Å²) in [6.07, 6.45) is 0. The number of rotatable bonds is 6. The third-order valence-corrected chi connectivity index (χ3v) is 4.49. The van der Waals surface area contributed by atoms with Crippen molar-refractivity contribution in [3.63, 3.8) is 0 Å². The van der Waals surface area contributed by atoms with Crippen molar-refractivity contribution in [2.75, 3.05) is 13.2 Å². The van der Waals surface area contributed by atoms with Crippen LogP contribution >= 0.6 is 15.9 Å². The highest BCUT2D eigenvalue weighted by Gasteiger charge is 2.10. The van der Waals surface area contributed by atoms with E-state index in [0.29, 0.717) is 11.5 Å². The summed E-state index contributed by atoms with van der Waals surface area (Å²) in [6, 6.07) is 9.45. The Balaban J connectivity index is 1.77. The molecule has 0 aliphatic carbocycles. The van der Waals surface area contributed by atoms with Gasteiger partial charge in [-0.1, -0.05) is 28.1 Å². The van der Waals surface area contributed by atoms with E-state index in [-0.39, 0.29) is 13.2 Å². The lowest BCUT2D eigenvalue weighted by Crippen LogP contribution is -2.45. The van der Waals surface area contributed by atoms with Crippen molar-refractivity contribution in [3.8, 4) is 11.5 Å². The predicted octanol–water partition coefficient (Wildman–Crippen LogP) is 3.29. The number of benzene rings is 2. The molecule has 2 N–H and O–H groups in total. The minimum Gasteiger partial charge on any atom is -0.483 e. The van der Waals surface area contributed by atoms with Crippen molar-refractivity contribution >= 4 is 27.7 Å². The Kier molecular flexibility index (Phi) is 7.24. The van der Waals surface area contributed by atoms with Gasteiger partial charge in [-0.05, 0) is 68.1 Å². The van der Waals surface area contributed by atoms with E-state index in [1.807, 2.05) is 52.0 Å². The zero-order chi connectivity index (χ0) is 20.0. The Morgan fingerprint density at radius 2 is 1.44 bits per heavy atom. The van der Waals surface area contributed by atoms with Crippen molar-refractivity contribution in [3.05, 3.63) is 57.1 Å². The highest BCUT2D eigenvalue weighted by atomic mass is 79.9. The van der Waals surface area contributed by atoms with E-state index in [4.69, 9.17) is 9.47 Å². The number of hydrogen-bond acceptors (Lipinski definition) is 4. The molecule has 27 heavy (non-hydrogen) atoms. The number of aryl methyl sites for hydroxylation is 3. The predicted molar refractivity (Wildman–Crippen MR) is 107 cm³/mol.